The number of carbonyl (C=O) groups is 1. The molecule has 2 aromatic rings. The van der Waals surface area contributed by atoms with Crippen LogP contribution in [0, 0.1) is 0 Å². The number of aromatic hydroxyl groups is 1. The quantitative estimate of drug-likeness (QED) is 0.672. The largest absolute Gasteiger partial charge is 0.508 e. The number of ketones is 1. The Morgan fingerprint density at radius 2 is 1.88 bits per heavy atom. The van der Waals surface area contributed by atoms with E-state index in [9.17, 15) is 15.0 Å². The Labute approximate surface area is 187 Å². The van der Waals surface area contributed by atoms with Crippen LogP contribution < -0.4 is 14.2 Å². The molecule has 0 saturated carbocycles. The maximum absolute atomic E-state index is 13.4. The number of aliphatic hydroxyl groups is 1. The molecule has 0 aromatic heterocycles. The van der Waals surface area contributed by atoms with Crippen molar-refractivity contribution in [1.29, 1.82) is 0 Å². The van der Waals surface area contributed by atoms with Gasteiger partial charge in [0.15, 0.2) is 12.2 Å². The minimum Gasteiger partial charge on any atom is -0.508 e. The number of ether oxygens (including phenoxy) is 3. The van der Waals surface area contributed by atoms with Crippen LogP contribution in [0.25, 0.3) is 6.08 Å². The lowest BCUT2D eigenvalue weighted by molar-refractivity contribution is 0.0203. The Morgan fingerprint density at radius 1 is 1.19 bits per heavy atom. The van der Waals surface area contributed by atoms with Crippen molar-refractivity contribution in [1.82, 2.24) is 0 Å². The van der Waals surface area contributed by atoms with Gasteiger partial charge in [-0.1, -0.05) is 23.8 Å². The third kappa shape index (κ3) is 3.75. The number of carbonyl (C=O) groups excluding carboxylic acids is 1. The number of Topliss-reactive ketones (excluding diaryl/α,β-unsaturated/α-hetero) is 1. The van der Waals surface area contributed by atoms with Crippen LogP contribution in [0.1, 0.15) is 60.8 Å². The average molecular weight is 437 g/mol. The molecule has 2 aliphatic rings. The molecule has 168 valence electrons. The van der Waals surface area contributed by atoms with Gasteiger partial charge in [-0.15, -0.1) is 0 Å². The van der Waals surface area contributed by atoms with E-state index in [1.54, 1.807) is 12.1 Å². The first-order chi connectivity index (χ1) is 15.1. The van der Waals surface area contributed by atoms with E-state index in [1.807, 2.05) is 45.9 Å². The van der Waals surface area contributed by atoms with Gasteiger partial charge in [0, 0.05) is 5.56 Å². The molecule has 2 N–H and O–H groups in total. The number of rotatable bonds is 4. The second-order valence-corrected chi connectivity index (χ2v) is 8.92. The predicted octanol–water partition coefficient (Wildman–Crippen LogP) is 4.77. The number of phenols is 1. The SMILES string of the molecule is COc1c2c(c(CC=C(C)C)c3c1C(=O)C(O)C(c1ccc(O)cc1)O3)OC(C)(C)C=C2. The van der Waals surface area contributed by atoms with Crippen molar-refractivity contribution in [3.63, 3.8) is 0 Å². The molecule has 0 fully saturated rings. The zero-order valence-electron chi connectivity index (χ0n) is 18.9. The van der Waals surface area contributed by atoms with E-state index >= 15 is 0 Å². The molecule has 0 amide bonds. The van der Waals surface area contributed by atoms with Gasteiger partial charge in [0.2, 0.25) is 5.78 Å². The number of allylic oxidation sites excluding steroid dienone is 2. The van der Waals surface area contributed by atoms with Crippen molar-refractivity contribution in [2.45, 2.75) is 51.9 Å². The van der Waals surface area contributed by atoms with E-state index in [0.29, 0.717) is 34.8 Å². The number of phenolic OH excluding ortho intramolecular Hbond substituents is 1. The predicted molar refractivity (Wildman–Crippen MR) is 122 cm³/mol. The molecule has 0 bridgehead atoms. The summed E-state index contributed by atoms with van der Waals surface area (Å²) in [4.78, 5) is 13.4. The van der Waals surface area contributed by atoms with Crippen LogP contribution >= 0.6 is 0 Å². The number of hydrogen-bond donors (Lipinski definition) is 2. The van der Waals surface area contributed by atoms with E-state index in [4.69, 9.17) is 14.2 Å². The number of benzene rings is 2. The first kappa shape index (κ1) is 22.0. The Kier molecular flexibility index (Phi) is 5.51. The van der Waals surface area contributed by atoms with E-state index in [-0.39, 0.29) is 11.3 Å². The van der Waals surface area contributed by atoms with Crippen LogP contribution in [0.4, 0.5) is 0 Å². The van der Waals surface area contributed by atoms with Gasteiger partial charge in [-0.2, -0.15) is 0 Å². The highest BCUT2D eigenvalue weighted by molar-refractivity contribution is 6.07. The van der Waals surface area contributed by atoms with Crippen LogP contribution in [-0.4, -0.2) is 34.8 Å². The fourth-order valence-electron chi connectivity index (χ4n) is 4.06. The Morgan fingerprint density at radius 3 is 2.50 bits per heavy atom. The summed E-state index contributed by atoms with van der Waals surface area (Å²) < 4.78 is 18.3. The topological polar surface area (TPSA) is 85.2 Å². The molecule has 4 rings (SSSR count). The molecule has 2 unspecified atom stereocenters. The Bertz CT molecular complexity index is 1120. The van der Waals surface area contributed by atoms with Crippen LogP contribution in [0.15, 0.2) is 42.0 Å². The standard InChI is InChI=1S/C26H28O6/c1-14(2)6-11-17-23-18(12-13-26(3,4)32-23)24(30-5)19-20(28)21(29)22(31-25(17)19)15-7-9-16(27)10-8-15/h6-10,12-13,21-22,27,29H,11H2,1-5H3. The molecule has 0 radical (unpaired) electrons. The lowest BCUT2D eigenvalue weighted by Gasteiger charge is -2.36. The minimum absolute atomic E-state index is 0.0909. The van der Waals surface area contributed by atoms with E-state index < -0.39 is 23.6 Å². The highest BCUT2D eigenvalue weighted by atomic mass is 16.5. The maximum atomic E-state index is 13.4. The zero-order valence-corrected chi connectivity index (χ0v) is 18.9. The van der Waals surface area contributed by atoms with Crippen LogP contribution in [0.3, 0.4) is 0 Å². The number of aliphatic hydroxyl groups excluding tert-OH is 1. The second-order valence-electron chi connectivity index (χ2n) is 8.92. The fourth-order valence-corrected chi connectivity index (χ4v) is 4.06. The summed E-state index contributed by atoms with van der Waals surface area (Å²) in [5, 5.41) is 20.5. The highest BCUT2D eigenvalue weighted by Crippen LogP contribution is 2.51. The average Bonchev–Trinajstić information content (AvgIpc) is 2.74. The molecular weight excluding hydrogens is 408 g/mol. The molecule has 32 heavy (non-hydrogen) atoms. The Balaban J connectivity index is 1.96. The fraction of sp³-hybridized carbons (Fsp3) is 0.346. The minimum atomic E-state index is -1.42. The highest BCUT2D eigenvalue weighted by Gasteiger charge is 2.43. The maximum Gasteiger partial charge on any atom is 0.202 e. The number of methoxy groups -OCH3 is 1. The zero-order chi connectivity index (χ0) is 23.2. The summed E-state index contributed by atoms with van der Waals surface area (Å²) in [5.74, 6) is 0.918. The van der Waals surface area contributed by atoms with Crippen molar-refractivity contribution >= 4 is 11.9 Å². The van der Waals surface area contributed by atoms with Crippen LogP contribution in [0.5, 0.6) is 23.0 Å². The van der Waals surface area contributed by atoms with Gasteiger partial charge < -0.3 is 24.4 Å². The van der Waals surface area contributed by atoms with Gasteiger partial charge in [-0.25, -0.2) is 0 Å². The van der Waals surface area contributed by atoms with Gasteiger partial charge in [-0.05, 0) is 64.0 Å². The summed E-state index contributed by atoms with van der Waals surface area (Å²) >= 11 is 0. The van der Waals surface area contributed by atoms with Crippen LogP contribution in [0.2, 0.25) is 0 Å². The van der Waals surface area contributed by atoms with Crippen molar-refractivity contribution < 1.29 is 29.2 Å². The smallest absolute Gasteiger partial charge is 0.202 e. The molecule has 6 nitrogen and oxygen atoms in total. The summed E-state index contributed by atoms with van der Waals surface area (Å²) in [6, 6.07) is 6.27. The van der Waals surface area contributed by atoms with Crippen LogP contribution in [-0.2, 0) is 6.42 Å². The van der Waals surface area contributed by atoms with Gasteiger partial charge in [0.05, 0.1) is 12.7 Å². The van der Waals surface area contributed by atoms with Gasteiger partial charge >= 0.3 is 0 Å². The second kappa shape index (κ2) is 8.02. The van der Waals surface area contributed by atoms with E-state index in [0.717, 1.165) is 11.1 Å². The number of fused-ring (bicyclic) bond motifs is 2. The summed E-state index contributed by atoms with van der Waals surface area (Å²) in [6.45, 7) is 7.92. The first-order valence-electron chi connectivity index (χ1n) is 10.6. The molecular formula is C26H28O6. The van der Waals surface area contributed by atoms with Crippen molar-refractivity contribution in [2.75, 3.05) is 7.11 Å². The third-order valence-electron chi connectivity index (χ3n) is 5.69. The van der Waals surface area contributed by atoms with Gasteiger partial charge in [0.1, 0.15) is 34.2 Å². The normalized spacial score (nSPS) is 20.5. The summed E-state index contributed by atoms with van der Waals surface area (Å²) in [5.41, 5.74) is 2.78. The monoisotopic (exact) mass is 436 g/mol. The molecule has 0 saturated heterocycles. The molecule has 2 atom stereocenters. The molecule has 2 aromatic carbocycles. The van der Waals surface area contributed by atoms with Crippen molar-refractivity contribution in [3.8, 4) is 23.0 Å². The van der Waals surface area contributed by atoms with Gasteiger partial charge in [-0.3, -0.25) is 4.79 Å². The van der Waals surface area contributed by atoms with E-state index in [2.05, 4.69) is 0 Å². The summed E-state index contributed by atoms with van der Waals surface area (Å²) in [7, 11) is 1.49. The molecule has 0 aliphatic carbocycles. The molecule has 2 heterocycles. The van der Waals surface area contributed by atoms with Crippen molar-refractivity contribution in [2.24, 2.45) is 0 Å². The van der Waals surface area contributed by atoms with Crippen molar-refractivity contribution in [3.05, 3.63) is 64.2 Å². The lowest BCUT2D eigenvalue weighted by Crippen LogP contribution is -2.37. The summed E-state index contributed by atoms with van der Waals surface area (Å²) in [6.07, 6.45) is 4.02. The third-order valence-corrected chi connectivity index (χ3v) is 5.69. The lowest BCUT2D eigenvalue weighted by atomic mass is 9.87. The Hall–Kier alpha value is -3.25. The number of hydrogen-bond acceptors (Lipinski definition) is 6. The molecule has 0 spiro atoms. The van der Waals surface area contributed by atoms with Gasteiger partial charge in [0.25, 0.3) is 0 Å². The molecule has 6 heteroatoms. The van der Waals surface area contributed by atoms with E-state index in [1.165, 1.54) is 19.2 Å². The molecule has 2 aliphatic heterocycles. The first-order valence-corrected chi connectivity index (χ1v) is 10.6.